The number of carbonyl (C=O) groups is 1. The van der Waals surface area contributed by atoms with Crippen LogP contribution in [0.1, 0.15) is 21.6 Å². The summed E-state index contributed by atoms with van der Waals surface area (Å²) < 4.78 is 10.1. The van der Waals surface area contributed by atoms with Crippen LogP contribution in [-0.2, 0) is 11.3 Å². The van der Waals surface area contributed by atoms with E-state index in [-0.39, 0.29) is 0 Å². The minimum absolute atomic E-state index is 0.378. The van der Waals surface area contributed by atoms with Gasteiger partial charge < -0.3 is 14.8 Å². The molecule has 0 saturated carbocycles. The van der Waals surface area contributed by atoms with Gasteiger partial charge in [0.05, 0.1) is 19.9 Å². The van der Waals surface area contributed by atoms with Gasteiger partial charge in [0.2, 0.25) is 0 Å². The molecule has 0 aliphatic carbocycles. The fourth-order valence-electron chi connectivity index (χ4n) is 2.60. The summed E-state index contributed by atoms with van der Waals surface area (Å²) in [6.45, 7) is 2.42. The van der Waals surface area contributed by atoms with Crippen LogP contribution in [0.4, 0.5) is 5.69 Å². The van der Waals surface area contributed by atoms with E-state index in [0.29, 0.717) is 23.4 Å². The van der Waals surface area contributed by atoms with Crippen molar-refractivity contribution in [3.05, 3.63) is 59.4 Å². The first kappa shape index (κ1) is 16.7. The quantitative estimate of drug-likeness (QED) is 0.720. The zero-order valence-electron chi connectivity index (χ0n) is 14.4. The number of anilines is 1. The lowest BCUT2D eigenvalue weighted by Gasteiger charge is -2.14. The van der Waals surface area contributed by atoms with Gasteiger partial charge in [0.25, 0.3) is 0 Å². The summed E-state index contributed by atoms with van der Waals surface area (Å²) in [5, 5.41) is 4.10. The van der Waals surface area contributed by atoms with Crippen LogP contribution >= 0.6 is 0 Å². The number of esters is 1. The molecule has 1 N–H and O–H groups in total. The Morgan fingerprint density at radius 3 is 2.80 bits per heavy atom. The summed E-state index contributed by atoms with van der Waals surface area (Å²) in [5.41, 5.74) is 3.52. The van der Waals surface area contributed by atoms with Crippen LogP contribution in [0.15, 0.2) is 42.6 Å². The molecule has 0 atom stereocenters. The number of nitrogens with one attached hydrogen (secondary N) is 1. The molecule has 3 aromatic rings. The highest BCUT2D eigenvalue weighted by atomic mass is 16.5. The highest BCUT2D eigenvalue weighted by molar-refractivity contribution is 6.04. The van der Waals surface area contributed by atoms with Crippen molar-refractivity contribution in [1.29, 1.82) is 0 Å². The Kier molecular flexibility index (Phi) is 4.79. The number of aromatic nitrogens is 2. The Hall–Kier alpha value is -3.15. The SMILES string of the molecule is COC(=O)c1cnc2nc(C)ccc2c1NCc1cccc(OC)c1. The third-order valence-electron chi connectivity index (χ3n) is 3.88. The molecule has 2 heterocycles. The number of fused-ring (bicyclic) bond motifs is 1. The maximum atomic E-state index is 12.1. The number of aryl methyl sites for hydroxylation is 1. The highest BCUT2D eigenvalue weighted by Gasteiger charge is 2.16. The van der Waals surface area contributed by atoms with E-state index in [1.165, 1.54) is 13.3 Å². The Morgan fingerprint density at radius 1 is 1.20 bits per heavy atom. The molecule has 0 saturated heterocycles. The minimum Gasteiger partial charge on any atom is -0.497 e. The minimum atomic E-state index is -0.442. The zero-order valence-corrected chi connectivity index (χ0v) is 14.4. The largest absolute Gasteiger partial charge is 0.497 e. The summed E-state index contributed by atoms with van der Waals surface area (Å²) in [6, 6.07) is 11.5. The standard InChI is InChI=1S/C19H19N3O3/c1-12-7-8-15-17(16(19(23)25-3)11-21-18(15)22-12)20-10-13-5-4-6-14(9-13)24-2/h4-9,11H,10H2,1-3H3,(H,20,21,22). The summed E-state index contributed by atoms with van der Waals surface area (Å²) in [7, 11) is 2.98. The molecule has 0 aliphatic rings. The van der Waals surface area contributed by atoms with E-state index >= 15 is 0 Å². The van der Waals surface area contributed by atoms with Crippen molar-refractivity contribution >= 4 is 22.7 Å². The van der Waals surface area contributed by atoms with Crippen molar-refractivity contribution in [2.24, 2.45) is 0 Å². The van der Waals surface area contributed by atoms with Crippen molar-refractivity contribution in [2.45, 2.75) is 13.5 Å². The molecule has 0 fully saturated rings. The van der Waals surface area contributed by atoms with Crippen LogP contribution in [0.5, 0.6) is 5.75 Å². The Labute approximate surface area is 145 Å². The second kappa shape index (κ2) is 7.17. The lowest BCUT2D eigenvalue weighted by molar-refractivity contribution is 0.0601. The van der Waals surface area contributed by atoms with E-state index < -0.39 is 5.97 Å². The van der Waals surface area contributed by atoms with Gasteiger partial charge in [-0.3, -0.25) is 0 Å². The third kappa shape index (κ3) is 3.52. The monoisotopic (exact) mass is 337 g/mol. The maximum absolute atomic E-state index is 12.1. The first-order valence-corrected chi connectivity index (χ1v) is 7.84. The number of hydrogen-bond donors (Lipinski definition) is 1. The molecule has 6 nitrogen and oxygen atoms in total. The number of hydrogen-bond acceptors (Lipinski definition) is 6. The average molecular weight is 337 g/mol. The van der Waals surface area contributed by atoms with Crippen LogP contribution in [-0.4, -0.2) is 30.2 Å². The van der Waals surface area contributed by atoms with E-state index in [0.717, 1.165) is 22.4 Å². The second-order valence-corrected chi connectivity index (χ2v) is 5.57. The molecule has 1 aromatic carbocycles. The van der Waals surface area contributed by atoms with Crippen LogP contribution in [0.25, 0.3) is 11.0 Å². The molecule has 0 bridgehead atoms. The van der Waals surface area contributed by atoms with Gasteiger partial charge in [0.15, 0.2) is 5.65 Å². The predicted octanol–water partition coefficient (Wildman–Crippen LogP) is 3.35. The van der Waals surface area contributed by atoms with E-state index in [1.807, 2.05) is 43.3 Å². The number of ether oxygens (including phenoxy) is 2. The number of nitrogens with zero attached hydrogens (tertiary/aromatic N) is 2. The molecule has 128 valence electrons. The molecule has 2 aromatic heterocycles. The van der Waals surface area contributed by atoms with Gasteiger partial charge >= 0.3 is 5.97 Å². The lowest BCUT2D eigenvalue weighted by Crippen LogP contribution is -2.10. The summed E-state index contributed by atoms with van der Waals surface area (Å²) >= 11 is 0. The van der Waals surface area contributed by atoms with Crippen molar-refractivity contribution < 1.29 is 14.3 Å². The number of benzene rings is 1. The smallest absolute Gasteiger partial charge is 0.341 e. The van der Waals surface area contributed by atoms with Gasteiger partial charge in [-0.1, -0.05) is 12.1 Å². The summed E-state index contributed by atoms with van der Waals surface area (Å²) in [4.78, 5) is 20.8. The molecule has 0 spiro atoms. The highest BCUT2D eigenvalue weighted by Crippen LogP contribution is 2.27. The normalized spacial score (nSPS) is 10.5. The molecule has 0 unspecified atom stereocenters. The maximum Gasteiger partial charge on any atom is 0.341 e. The number of rotatable bonds is 5. The van der Waals surface area contributed by atoms with Crippen molar-refractivity contribution in [2.75, 3.05) is 19.5 Å². The van der Waals surface area contributed by atoms with Gasteiger partial charge in [-0.25, -0.2) is 14.8 Å². The third-order valence-corrected chi connectivity index (χ3v) is 3.88. The molecular weight excluding hydrogens is 318 g/mol. The van der Waals surface area contributed by atoms with Gasteiger partial charge in [-0.15, -0.1) is 0 Å². The number of pyridine rings is 2. The first-order chi connectivity index (χ1) is 12.1. The molecule has 0 aliphatic heterocycles. The second-order valence-electron chi connectivity index (χ2n) is 5.57. The number of methoxy groups -OCH3 is 2. The van der Waals surface area contributed by atoms with Gasteiger partial charge in [0, 0.05) is 23.8 Å². The van der Waals surface area contributed by atoms with E-state index in [1.54, 1.807) is 7.11 Å². The van der Waals surface area contributed by atoms with Crippen molar-refractivity contribution in [1.82, 2.24) is 9.97 Å². The van der Waals surface area contributed by atoms with Crippen molar-refractivity contribution in [3.63, 3.8) is 0 Å². The summed E-state index contributed by atoms with van der Waals surface area (Å²) in [6.07, 6.45) is 1.49. The van der Waals surface area contributed by atoms with Gasteiger partial charge in [-0.2, -0.15) is 0 Å². The van der Waals surface area contributed by atoms with E-state index in [4.69, 9.17) is 9.47 Å². The zero-order chi connectivity index (χ0) is 17.8. The van der Waals surface area contributed by atoms with Gasteiger partial charge in [-0.05, 0) is 36.8 Å². The van der Waals surface area contributed by atoms with E-state index in [2.05, 4.69) is 15.3 Å². The van der Waals surface area contributed by atoms with Crippen LogP contribution in [0, 0.1) is 6.92 Å². The molecular formula is C19H19N3O3. The molecule has 0 radical (unpaired) electrons. The Morgan fingerprint density at radius 2 is 2.04 bits per heavy atom. The average Bonchev–Trinajstić information content (AvgIpc) is 2.65. The molecule has 3 rings (SSSR count). The lowest BCUT2D eigenvalue weighted by atomic mass is 10.1. The van der Waals surface area contributed by atoms with Gasteiger partial charge in [0.1, 0.15) is 11.3 Å². The molecule has 0 amide bonds. The van der Waals surface area contributed by atoms with Crippen LogP contribution in [0.3, 0.4) is 0 Å². The molecule has 25 heavy (non-hydrogen) atoms. The van der Waals surface area contributed by atoms with Crippen LogP contribution < -0.4 is 10.1 Å². The molecule has 6 heteroatoms. The fraction of sp³-hybridized carbons (Fsp3) is 0.211. The summed E-state index contributed by atoms with van der Waals surface area (Å²) in [5.74, 6) is 0.340. The number of carbonyl (C=O) groups excluding carboxylic acids is 1. The predicted molar refractivity (Wildman–Crippen MR) is 95.9 cm³/mol. The van der Waals surface area contributed by atoms with E-state index in [9.17, 15) is 4.79 Å². The Bertz CT molecular complexity index is 925. The fourth-order valence-corrected chi connectivity index (χ4v) is 2.60. The van der Waals surface area contributed by atoms with Crippen molar-refractivity contribution in [3.8, 4) is 5.75 Å². The Balaban J connectivity index is 2.01. The van der Waals surface area contributed by atoms with Crippen LogP contribution in [0.2, 0.25) is 0 Å². The first-order valence-electron chi connectivity index (χ1n) is 7.84. The topological polar surface area (TPSA) is 73.3 Å².